The molecule has 5 nitrogen and oxygen atoms in total. The van der Waals surface area contributed by atoms with E-state index in [1.165, 1.54) is 0 Å². The summed E-state index contributed by atoms with van der Waals surface area (Å²) in [5.41, 5.74) is 2.04. The van der Waals surface area contributed by atoms with Crippen molar-refractivity contribution >= 4 is 22.6 Å². The van der Waals surface area contributed by atoms with E-state index in [-0.39, 0.29) is 12.0 Å². The number of nitrogens with one attached hydrogen (secondary N) is 1. The number of hydrogen-bond acceptors (Lipinski definition) is 4. The molecule has 1 amide bonds. The van der Waals surface area contributed by atoms with Gasteiger partial charge < -0.3 is 15.0 Å². The number of amides is 1. The minimum absolute atomic E-state index is 0.0813. The average Bonchev–Trinajstić information content (AvgIpc) is 3.11. The molecule has 1 aliphatic rings. The van der Waals surface area contributed by atoms with Crippen LogP contribution in [0.4, 0.5) is 5.82 Å². The minimum atomic E-state index is 0.0813. The molecule has 128 valence electrons. The first kappa shape index (κ1) is 16.7. The predicted molar refractivity (Wildman–Crippen MR) is 96.1 cm³/mol. The van der Waals surface area contributed by atoms with Gasteiger partial charge in [-0.25, -0.2) is 4.98 Å². The summed E-state index contributed by atoms with van der Waals surface area (Å²) in [6, 6.07) is 10.1. The lowest BCUT2D eigenvalue weighted by Crippen LogP contribution is -2.24. The number of carbonyl (C=O) groups excluding carboxylic acids is 1. The molecule has 1 aromatic heterocycles. The molecule has 0 spiro atoms. The van der Waals surface area contributed by atoms with Crippen LogP contribution in [0.3, 0.4) is 0 Å². The second-order valence-electron chi connectivity index (χ2n) is 6.50. The number of carbonyl (C=O) groups is 1. The van der Waals surface area contributed by atoms with Crippen LogP contribution in [-0.4, -0.2) is 37.7 Å². The number of nitrogens with zero attached hydrogens (tertiary/aromatic N) is 2. The quantitative estimate of drug-likeness (QED) is 0.886. The van der Waals surface area contributed by atoms with Crippen molar-refractivity contribution in [2.75, 3.05) is 25.6 Å². The third kappa shape index (κ3) is 4.03. The largest absolute Gasteiger partial charge is 0.378 e. The zero-order valence-electron chi connectivity index (χ0n) is 14.4. The van der Waals surface area contributed by atoms with E-state index in [4.69, 9.17) is 4.74 Å². The number of para-hydroxylation sites is 1. The molecule has 0 aliphatic carbocycles. The van der Waals surface area contributed by atoms with Crippen LogP contribution in [0.2, 0.25) is 0 Å². The van der Waals surface area contributed by atoms with Gasteiger partial charge in [-0.3, -0.25) is 4.79 Å². The lowest BCUT2D eigenvalue weighted by atomic mass is 10.1. The smallest absolute Gasteiger partial charge is 0.220 e. The normalized spacial score (nSPS) is 17.2. The maximum atomic E-state index is 12.1. The summed E-state index contributed by atoms with van der Waals surface area (Å²) in [4.78, 5) is 18.8. The molecule has 2 heterocycles. The number of aromatic nitrogens is 1. The van der Waals surface area contributed by atoms with Crippen LogP contribution in [0.1, 0.15) is 31.2 Å². The number of ether oxygens (including phenoxy) is 1. The summed E-state index contributed by atoms with van der Waals surface area (Å²) in [6.07, 6.45) is 3.79. The molecule has 1 fully saturated rings. The minimum Gasteiger partial charge on any atom is -0.378 e. The van der Waals surface area contributed by atoms with E-state index in [0.717, 1.165) is 48.2 Å². The number of anilines is 1. The van der Waals surface area contributed by atoms with Crippen LogP contribution in [0.5, 0.6) is 0 Å². The Bertz CT molecular complexity index is 709. The summed E-state index contributed by atoms with van der Waals surface area (Å²) in [5.74, 6) is 0.982. The van der Waals surface area contributed by atoms with E-state index in [0.29, 0.717) is 13.0 Å². The Morgan fingerprint density at radius 3 is 2.96 bits per heavy atom. The van der Waals surface area contributed by atoms with Gasteiger partial charge in [0.2, 0.25) is 5.91 Å². The van der Waals surface area contributed by atoms with E-state index in [1.807, 2.05) is 43.3 Å². The molecule has 0 bridgehead atoms. The third-order valence-electron chi connectivity index (χ3n) is 4.44. The van der Waals surface area contributed by atoms with Gasteiger partial charge in [0.1, 0.15) is 5.82 Å². The second kappa shape index (κ2) is 7.62. The van der Waals surface area contributed by atoms with Gasteiger partial charge in [-0.05, 0) is 37.0 Å². The van der Waals surface area contributed by atoms with Crippen molar-refractivity contribution in [3.63, 3.8) is 0 Å². The van der Waals surface area contributed by atoms with Gasteiger partial charge in [0.05, 0.1) is 11.6 Å². The highest BCUT2D eigenvalue weighted by molar-refractivity contribution is 5.85. The fourth-order valence-corrected chi connectivity index (χ4v) is 3.05. The van der Waals surface area contributed by atoms with Crippen molar-refractivity contribution in [2.45, 2.75) is 38.3 Å². The van der Waals surface area contributed by atoms with Gasteiger partial charge in [-0.2, -0.15) is 0 Å². The molecular weight excluding hydrogens is 302 g/mol. The molecule has 1 aliphatic heterocycles. The van der Waals surface area contributed by atoms with Gasteiger partial charge in [0.15, 0.2) is 0 Å². The molecule has 0 unspecified atom stereocenters. The van der Waals surface area contributed by atoms with E-state index in [1.54, 1.807) is 0 Å². The lowest BCUT2D eigenvalue weighted by molar-refractivity contribution is -0.121. The SMILES string of the molecule is CN(C)c1cc(CNC(=O)CC[C@H]2CCCO2)c2ccccc2n1. The molecule has 0 saturated carbocycles. The van der Waals surface area contributed by atoms with E-state index < -0.39 is 0 Å². The topological polar surface area (TPSA) is 54.5 Å². The van der Waals surface area contributed by atoms with Gasteiger partial charge in [-0.1, -0.05) is 18.2 Å². The molecule has 3 rings (SSSR count). The molecule has 5 heteroatoms. The number of fused-ring (bicyclic) bond motifs is 1. The van der Waals surface area contributed by atoms with E-state index in [2.05, 4.69) is 16.4 Å². The Hall–Kier alpha value is -2.14. The number of hydrogen-bond donors (Lipinski definition) is 1. The van der Waals surface area contributed by atoms with Gasteiger partial charge in [0, 0.05) is 39.1 Å². The van der Waals surface area contributed by atoms with Gasteiger partial charge in [-0.15, -0.1) is 0 Å². The first-order chi connectivity index (χ1) is 11.6. The molecule has 1 N–H and O–H groups in total. The predicted octanol–water partition coefficient (Wildman–Crippen LogP) is 2.88. The van der Waals surface area contributed by atoms with E-state index >= 15 is 0 Å². The first-order valence-electron chi connectivity index (χ1n) is 8.58. The molecule has 24 heavy (non-hydrogen) atoms. The Morgan fingerprint density at radius 1 is 1.38 bits per heavy atom. The average molecular weight is 327 g/mol. The van der Waals surface area contributed by atoms with Crippen molar-refractivity contribution in [3.8, 4) is 0 Å². The molecule has 0 radical (unpaired) electrons. The Morgan fingerprint density at radius 2 is 2.21 bits per heavy atom. The highest BCUT2D eigenvalue weighted by Crippen LogP contribution is 2.22. The van der Waals surface area contributed by atoms with Crippen molar-refractivity contribution in [1.29, 1.82) is 0 Å². The lowest BCUT2D eigenvalue weighted by Gasteiger charge is -2.16. The third-order valence-corrected chi connectivity index (χ3v) is 4.44. The van der Waals surface area contributed by atoms with Crippen molar-refractivity contribution < 1.29 is 9.53 Å². The Balaban J connectivity index is 1.66. The van der Waals surface area contributed by atoms with Crippen LogP contribution < -0.4 is 10.2 Å². The highest BCUT2D eigenvalue weighted by Gasteiger charge is 2.16. The zero-order valence-corrected chi connectivity index (χ0v) is 14.4. The fourth-order valence-electron chi connectivity index (χ4n) is 3.05. The van der Waals surface area contributed by atoms with Crippen LogP contribution >= 0.6 is 0 Å². The van der Waals surface area contributed by atoms with Crippen LogP contribution in [-0.2, 0) is 16.1 Å². The Kier molecular flexibility index (Phi) is 5.30. The summed E-state index contributed by atoms with van der Waals surface area (Å²) in [7, 11) is 3.95. The maximum absolute atomic E-state index is 12.1. The van der Waals surface area contributed by atoms with E-state index in [9.17, 15) is 4.79 Å². The maximum Gasteiger partial charge on any atom is 0.220 e. The summed E-state index contributed by atoms with van der Waals surface area (Å²) in [5, 5.41) is 4.13. The van der Waals surface area contributed by atoms with Crippen LogP contribution in [0.25, 0.3) is 10.9 Å². The molecule has 1 saturated heterocycles. The molecular formula is C19H25N3O2. The highest BCUT2D eigenvalue weighted by atomic mass is 16.5. The van der Waals surface area contributed by atoms with Crippen molar-refractivity contribution in [2.24, 2.45) is 0 Å². The molecule has 1 atom stereocenters. The fraction of sp³-hybridized carbons (Fsp3) is 0.474. The summed E-state index contributed by atoms with van der Waals surface area (Å²) < 4.78 is 5.57. The molecule has 2 aromatic rings. The van der Waals surface area contributed by atoms with Crippen LogP contribution in [0.15, 0.2) is 30.3 Å². The van der Waals surface area contributed by atoms with Gasteiger partial charge in [0.25, 0.3) is 0 Å². The number of rotatable bonds is 6. The van der Waals surface area contributed by atoms with Crippen molar-refractivity contribution in [3.05, 3.63) is 35.9 Å². The first-order valence-corrected chi connectivity index (χ1v) is 8.58. The Labute approximate surface area is 143 Å². The zero-order chi connectivity index (χ0) is 16.9. The van der Waals surface area contributed by atoms with Crippen LogP contribution in [0, 0.1) is 0 Å². The van der Waals surface area contributed by atoms with Crippen molar-refractivity contribution in [1.82, 2.24) is 10.3 Å². The standard InChI is InChI=1S/C19H25N3O2/c1-22(2)18-12-14(16-7-3-4-8-17(16)21-18)13-20-19(23)10-9-15-6-5-11-24-15/h3-4,7-8,12,15H,5-6,9-11,13H2,1-2H3,(H,20,23)/t15-/m1/s1. The summed E-state index contributed by atoms with van der Waals surface area (Å²) in [6.45, 7) is 1.36. The molecule has 1 aromatic carbocycles. The monoisotopic (exact) mass is 327 g/mol. The summed E-state index contributed by atoms with van der Waals surface area (Å²) >= 11 is 0. The number of pyridine rings is 1. The second-order valence-corrected chi connectivity index (χ2v) is 6.50. The van der Waals surface area contributed by atoms with Gasteiger partial charge >= 0.3 is 0 Å². The number of benzene rings is 1.